The van der Waals surface area contributed by atoms with Crippen molar-refractivity contribution in [2.75, 3.05) is 18.4 Å². The summed E-state index contributed by atoms with van der Waals surface area (Å²) in [6.07, 6.45) is 3.73. The highest BCUT2D eigenvalue weighted by molar-refractivity contribution is 7.86. The molecule has 0 heterocycles. The Balaban J connectivity index is 3.70. The molecule has 48 valence electrons. The zero-order valence-corrected chi connectivity index (χ0v) is 6.42. The van der Waals surface area contributed by atoms with Crippen molar-refractivity contribution in [2.24, 2.45) is 4.36 Å². The van der Waals surface area contributed by atoms with Gasteiger partial charge < -0.3 is 0 Å². The summed E-state index contributed by atoms with van der Waals surface area (Å²) in [6, 6.07) is 0. The zero-order chi connectivity index (χ0) is 6.57. The Morgan fingerprint density at radius 2 is 2.25 bits per heavy atom. The molecular weight excluding hydrogens is 146 g/mol. The lowest BCUT2D eigenvalue weighted by Gasteiger charge is -1.85. The summed E-state index contributed by atoms with van der Waals surface area (Å²) >= 11 is 5.16. The van der Waals surface area contributed by atoms with E-state index in [1.807, 2.05) is 12.5 Å². The molecule has 1 amide bonds. The molecule has 0 rings (SSSR count). The first kappa shape index (κ1) is 8.11. The van der Waals surface area contributed by atoms with Crippen molar-refractivity contribution in [2.45, 2.75) is 0 Å². The number of carbonyl (C=O) groups excluding carboxylic acids is 1. The Morgan fingerprint density at radius 1 is 1.75 bits per heavy atom. The predicted octanol–water partition coefficient (Wildman–Crippen LogP) is 0.813. The largest absolute Gasteiger partial charge is 0.271 e. The van der Waals surface area contributed by atoms with Crippen LogP contribution in [0.15, 0.2) is 4.36 Å². The van der Waals surface area contributed by atoms with Crippen molar-refractivity contribution in [3.8, 4) is 0 Å². The average molecular weight is 154 g/mol. The van der Waals surface area contributed by atoms with Gasteiger partial charge in [-0.05, 0) is 12.5 Å². The summed E-state index contributed by atoms with van der Waals surface area (Å²) in [4.78, 5) is 10.3. The van der Waals surface area contributed by atoms with E-state index in [4.69, 9.17) is 11.6 Å². The van der Waals surface area contributed by atoms with Gasteiger partial charge in [-0.2, -0.15) is 4.36 Å². The topological polar surface area (TPSA) is 29.4 Å². The molecule has 0 N–H and O–H groups in total. The first-order valence-corrected chi connectivity index (χ1v) is 4.58. The molecular formula is C4H8ClNOS. The molecule has 0 aliphatic rings. The van der Waals surface area contributed by atoms with Crippen LogP contribution in [0.5, 0.6) is 0 Å². The van der Waals surface area contributed by atoms with Crippen molar-refractivity contribution in [1.29, 1.82) is 0 Å². The molecule has 0 fully saturated rings. The van der Waals surface area contributed by atoms with Crippen molar-refractivity contribution in [3.63, 3.8) is 0 Å². The van der Waals surface area contributed by atoms with Crippen LogP contribution in [0.4, 0.5) is 0 Å². The smallest absolute Gasteiger partial charge is 0.266 e. The van der Waals surface area contributed by atoms with E-state index < -0.39 is 0 Å². The Labute approximate surface area is 56.3 Å². The van der Waals surface area contributed by atoms with Crippen LogP contribution < -0.4 is 0 Å². The van der Waals surface area contributed by atoms with E-state index in [1.165, 1.54) is 0 Å². The molecule has 0 aromatic carbocycles. The van der Waals surface area contributed by atoms with E-state index in [-0.39, 0.29) is 22.5 Å². The van der Waals surface area contributed by atoms with Crippen molar-refractivity contribution in [3.05, 3.63) is 0 Å². The quantitative estimate of drug-likeness (QED) is 0.513. The highest BCUT2D eigenvalue weighted by Crippen LogP contribution is 1.82. The molecule has 0 aliphatic carbocycles. The molecule has 4 heteroatoms. The maximum atomic E-state index is 10.3. The molecule has 0 aliphatic heterocycles. The summed E-state index contributed by atoms with van der Waals surface area (Å²) in [7, 11) is -0.155. The average Bonchev–Trinajstić information content (AvgIpc) is 1.65. The maximum Gasteiger partial charge on any atom is 0.266 e. The summed E-state index contributed by atoms with van der Waals surface area (Å²) in [6.45, 7) is 0. The molecule has 0 saturated heterocycles. The first-order chi connectivity index (χ1) is 3.66. The SMILES string of the molecule is CS(C)=NC(=O)CCl. The highest BCUT2D eigenvalue weighted by Gasteiger charge is 1.91. The molecule has 0 radical (unpaired) electrons. The third-order valence-corrected chi connectivity index (χ3v) is 1.20. The van der Waals surface area contributed by atoms with Crippen LogP contribution in [0.1, 0.15) is 0 Å². The predicted molar refractivity (Wildman–Crippen MR) is 37.4 cm³/mol. The summed E-state index contributed by atoms with van der Waals surface area (Å²) in [5.74, 6) is -0.217. The number of carbonyl (C=O) groups is 1. The van der Waals surface area contributed by atoms with Gasteiger partial charge in [-0.3, -0.25) is 4.79 Å². The number of rotatable bonds is 1. The van der Waals surface area contributed by atoms with Crippen LogP contribution in [0.2, 0.25) is 0 Å². The van der Waals surface area contributed by atoms with Crippen LogP contribution in [0, 0.1) is 0 Å². The second-order valence-electron chi connectivity index (χ2n) is 1.39. The van der Waals surface area contributed by atoms with Crippen LogP contribution in [0.25, 0.3) is 0 Å². The molecule has 0 aromatic heterocycles. The van der Waals surface area contributed by atoms with E-state index in [1.54, 1.807) is 0 Å². The fourth-order valence-corrected chi connectivity index (χ4v) is 0.830. The van der Waals surface area contributed by atoms with E-state index in [9.17, 15) is 4.79 Å². The minimum absolute atomic E-state index is 0.00514. The van der Waals surface area contributed by atoms with Gasteiger partial charge in [0.25, 0.3) is 5.91 Å². The lowest BCUT2D eigenvalue weighted by molar-refractivity contribution is -0.115. The van der Waals surface area contributed by atoms with Gasteiger partial charge >= 0.3 is 0 Å². The van der Waals surface area contributed by atoms with Gasteiger partial charge in [0.15, 0.2) is 0 Å². The van der Waals surface area contributed by atoms with E-state index in [2.05, 4.69) is 4.36 Å². The number of alkyl halides is 1. The molecule has 0 saturated carbocycles. The van der Waals surface area contributed by atoms with Crippen LogP contribution in [0.3, 0.4) is 0 Å². The standard InChI is InChI=1S/C4H8ClNOS/c1-8(2)6-4(7)3-5/h3H2,1-2H3. The number of halogens is 1. The number of hydrogen-bond donors (Lipinski definition) is 0. The minimum Gasteiger partial charge on any atom is -0.271 e. The second kappa shape index (κ2) is 4.04. The van der Waals surface area contributed by atoms with E-state index >= 15 is 0 Å². The van der Waals surface area contributed by atoms with Gasteiger partial charge in [0.2, 0.25) is 0 Å². The third-order valence-electron chi connectivity index (χ3n) is 0.399. The molecule has 0 spiro atoms. The van der Waals surface area contributed by atoms with Gasteiger partial charge in [0.05, 0.1) is 0 Å². The Hall–Kier alpha value is 0.110. The second-order valence-corrected chi connectivity index (χ2v) is 3.39. The minimum atomic E-state index is -0.222. The van der Waals surface area contributed by atoms with Gasteiger partial charge in [-0.25, -0.2) is 0 Å². The molecule has 0 bridgehead atoms. The van der Waals surface area contributed by atoms with Crippen molar-refractivity contribution < 1.29 is 4.79 Å². The fourth-order valence-electron chi connectivity index (χ4n) is 0.228. The van der Waals surface area contributed by atoms with Gasteiger partial charge in [0.1, 0.15) is 5.88 Å². The highest BCUT2D eigenvalue weighted by atomic mass is 35.5. The maximum absolute atomic E-state index is 10.3. The normalized spacial score (nSPS) is 9.50. The third kappa shape index (κ3) is 4.27. The molecule has 0 unspecified atom stereocenters. The monoisotopic (exact) mass is 153 g/mol. The summed E-state index contributed by atoms with van der Waals surface area (Å²) < 4.78 is 3.65. The molecule has 2 nitrogen and oxygen atoms in total. The molecule has 0 atom stereocenters. The van der Waals surface area contributed by atoms with Gasteiger partial charge in [-0.15, -0.1) is 11.6 Å². The zero-order valence-electron chi connectivity index (χ0n) is 4.85. The van der Waals surface area contributed by atoms with Gasteiger partial charge in [0, 0.05) is 0 Å². The van der Waals surface area contributed by atoms with Crippen LogP contribution in [-0.2, 0) is 15.5 Å². The first-order valence-electron chi connectivity index (χ1n) is 2.05. The van der Waals surface area contributed by atoms with E-state index in [0.29, 0.717) is 0 Å². The molecule has 0 aromatic rings. The van der Waals surface area contributed by atoms with E-state index in [0.717, 1.165) is 0 Å². The van der Waals surface area contributed by atoms with Crippen LogP contribution >= 0.6 is 11.6 Å². The Bertz CT molecular complexity index is 119. The van der Waals surface area contributed by atoms with Crippen LogP contribution in [-0.4, -0.2) is 24.3 Å². The van der Waals surface area contributed by atoms with Crippen molar-refractivity contribution in [1.82, 2.24) is 0 Å². The van der Waals surface area contributed by atoms with Crippen molar-refractivity contribution >= 4 is 28.2 Å². The fraction of sp³-hybridized carbons (Fsp3) is 0.750. The lowest BCUT2D eigenvalue weighted by atomic mass is 10.8. The number of hydrogen-bond acceptors (Lipinski definition) is 1. The molecule has 8 heavy (non-hydrogen) atoms. The Morgan fingerprint density at radius 3 is 2.38 bits per heavy atom. The summed E-state index contributed by atoms with van der Waals surface area (Å²) in [5, 5.41) is 0. The van der Waals surface area contributed by atoms with Gasteiger partial charge in [-0.1, -0.05) is 10.7 Å². The Kier molecular flexibility index (Phi) is 4.09. The number of nitrogens with zero attached hydrogens (tertiary/aromatic N) is 1. The lowest BCUT2D eigenvalue weighted by Crippen LogP contribution is -1.95. The number of amides is 1. The summed E-state index contributed by atoms with van der Waals surface area (Å²) in [5.41, 5.74) is 0.